The number of pyridine rings is 1. The van der Waals surface area contributed by atoms with E-state index in [9.17, 15) is 32.7 Å². The zero-order chi connectivity index (χ0) is 33.5. The highest BCUT2D eigenvalue weighted by atomic mass is 19.4. The molecule has 2 aromatic heterocycles. The molecule has 47 heavy (non-hydrogen) atoms. The van der Waals surface area contributed by atoms with E-state index in [-0.39, 0.29) is 29.5 Å². The molecule has 0 bridgehead atoms. The van der Waals surface area contributed by atoms with Crippen molar-refractivity contribution in [3.8, 4) is 0 Å². The first-order valence-corrected chi connectivity index (χ1v) is 15.5. The highest BCUT2D eigenvalue weighted by Crippen LogP contribution is 2.35. The fourth-order valence-corrected chi connectivity index (χ4v) is 6.38. The normalized spacial score (nSPS) is 18.4. The van der Waals surface area contributed by atoms with Crippen molar-refractivity contribution in [2.75, 3.05) is 18.4 Å². The smallest absolute Gasteiger partial charge is 0.386 e. The number of carbonyl (C=O) groups excluding carboxylic acids is 3. The SMILES string of the molecule is CC(C)(O)c1cc2nn(C3CCN(Cc4ccccc4C4CCC(=O)NC4=O)CC3)cc2cc1NC(=O)c1cccc(C(F)(F)F)n1. The molecule has 2 aliphatic heterocycles. The molecular weight excluding hydrogens is 613 g/mol. The van der Waals surface area contributed by atoms with Crippen LogP contribution in [0.2, 0.25) is 0 Å². The van der Waals surface area contributed by atoms with Crippen LogP contribution in [0.5, 0.6) is 0 Å². The molecule has 2 aromatic carbocycles. The minimum atomic E-state index is -4.70. The molecule has 0 aliphatic carbocycles. The third-order valence-electron chi connectivity index (χ3n) is 8.84. The second-order valence-corrected chi connectivity index (χ2v) is 12.7. The Morgan fingerprint density at radius 3 is 2.49 bits per heavy atom. The number of imide groups is 1. The Hall–Kier alpha value is -4.62. The maximum absolute atomic E-state index is 13.2. The van der Waals surface area contributed by atoms with Gasteiger partial charge in [-0.25, -0.2) is 4.98 Å². The van der Waals surface area contributed by atoms with Gasteiger partial charge < -0.3 is 10.4 Å². The van der Waals surface area contributed by atoms with Crippen molar-refractivity contribution in [3.05, 3.63) is 88.9 Å². The van der Waals surface area contributed by atoms with Crippen molar-refractivity contribution in [3.63, 3.8) is 0 Å². The Kier molecular flexibility index (Phi) is 8.62. The molecule has 2 aliphatic rings. The first-order valence-electron chi connectivity index (χ1n) is 15.5. The van der Waals surface area contributed by atoms with Crippen molar-refractivity contribution < 1.29 is 32.7 Å². The molecule has 6 rings (SSSR count). The number of nitrogens with one attached hydrogen (secondary N) is 2. The molecule has 1 atom stereocenters. The quantitative estimate of drug-likeness (QED) is 0.233. The van der Waals surface area contributed by atoms with Gasteiger partial charge in [-0.15, -0.1) is 0 Å². The third-order valence-corrected chi connectivity index (χ3v) is 8.84. The number of carbonyl (C=O) groups is 3. The molecule has 3 amide bonds. The number of hydrogen-bond acceptors (Lipinski definition) is 7. The molecule has 3 N–H and O–H groups in total. The lowest BCUT2D eigenvalue weighted by atomic mass is 9.87. The number of anilines is 1. The predicted molar refractivity (Wildman–Crippen MR) is 167 cm³/mol. The van der Waals surface area contributed by atoms with Crippen molar-refractivity contribution in [1.29, 1.82) is 0 Å². The number of benzene rings is 2. The summed E-state index contributed by atoms with van der Waals surface area (Å²) < 4.78 is 41.4. The Morgan fingerprint density at radius 1 is 1.04 bits per heavy atom. The van der Waals surface area contributed by atoms with Gasteiger partial charge in [0, 0.05) is 48.9 Å². The molecule has 2 fully saturated rings. The van der Waals surface area contributed by atoms with Crippen LogP contribution in [0.25, 0.3) is 10.9 Å². The molecule has 246 valence electrons. The molecule has 1 unspecified atom stereocenters. The van der Waals surface area contributed by atoms with Gasteiger partial charge in [0.1, 0.15) is 11.4 Å². The summed E-state index contributed by atoms with van der Waals surface area (Å²) >= 11 is 0. The number of likely N-dealkylation sites (tertiary alicyclic amines) is 1. The van der Waals surface area contributed by atoms with Gasteiger partial charge in [-0.1, -0.05) is 30.3 Å². The number of alkyl halides is 3. The number of hydrogen-bond donors (Lipinski definition) is 3. The van der Waals surface area contributed by atoms with Crippen molar-refractivity contribution >= 4 is 34.3 Å². The molecule has 10 nitrogen and oxygen atoms in total. The maximum Gasteiger partial charge on any atom is 0.433 e. The third kappa shape index (κ3) is 7.05. The lowest BCUT2D eigenvalue weighted by molar-refractivity contribution is -0.141. The zero-order valence-corrected chi connectivity index (χ0v) is 26.0. The summed E-state index contributed by atoms with van der Waals surface area (Å²) in [7, 11) is 0. The summed E-state index contributed by atoms with van der Waals surface area (Å²) in [5, 5.41) is 21.5. The minimum Gasteiger partial charge on any atom is -0.386 e. The monoisotopic (exact) mass is 648 g/mol. The highest BCUT2D eigenvalue weighted by Gasteiger charge is 2.34. The van der Waals surface area contributed by atoms with E-state index in [4.69, 9.17) is 5.10 Å². The Labute approximate surface area is 269 Å². The van der Waals surface area contributed by atoms with E-state index in [1.807, 2.05) is 35.1 Å². The molecule has 0 radical (unpaired) electrons. The average molecular weight is 649 g/mol. The van der Waals surface area contributed by atoms with E-state index < -0.39 is 29.1 Å². The lowest BCUT2D eigenvalue weighted by Crippen LogP contribution is -2.40. The Bertz CT molecular complexity index is 1840. The molecule has 0 saturated carbocycles. The van der Waals surface area contributed by atoms with Crippen LogP contribution in [0.4, 0.5) is 18.9 Å². The average Bonchev–Trinajstić information content (AvgIpc) is 3.44. The molecule has 4 heterocycles. The number of halogens is 3. The Balaban J connectivity index is 1.17. The van der Waals surface area contributed by atoms with Crippen molar-refractivity contribution in [2.24, 2.45) is 0 Å². The number of aliphatic hydroxyl groups is 1. The van der Waals surface area contributed by atoms with E-state index in [2.05, 4.69) is 20.5 Å². The highest BCUT2D eigenvalue weighted by molar-refractivity contribution is 6.04. The van der Waals surface area contributed by atoms with Gasteiger partial charge in [-0.3, -0.25) is 29.3 Å². The molecule has 0 spiro atoms. The minimum absolute atomic E-state index is 0.0990. The zero-order valence-electron chi connectivity index (χ0n) is 26.0. The second-order valence-electron chi connectivity index (χ2n) is 12.7. The topological polar surface area (TPSA) is 129 Å². The van der Waals surface area contributed by atoms with Gasteiger partial charge >= 0.3 is 6.18 Å². The summed E-state index contributed by atoms with van der Waals surface area (Å²) in [6.07, 6.45) is -0.361. The van der Waals surface area contributed by atoms with Crippen LogP contribution in [0, 0.1) is 0 Å². The van der Waals surface area contributed by atoms with Crippen LogP contribution in [0.3, 0.4) is 0 Å². The van der Waals surface area contributed by atoms with Crippen LogP contribution in [0.1, 0.15) is 84.4 Å². The van der Waals surface area contributed by atoms with Crippen LogP contribution >= 0.6 is 0 Å². The van der Waals surface area contributed by atoms with E-state index in [0.717, 1.165) is 49.2 Å². The van der Waals surface area contributed by atoms with Gasteiger partial charge in [-0.2, -0.15) is 18.3 Å². The molecule has 2 saturated heterocycles. The first-order chi connectivity index (χ1) is 22.3. The van der Waals surface area contributed by atoms with E-state index in [1.165, 1.54) is 6.07 Å². The molecule has 4 aromatic rings. The molecular formula is C34H35F3N6O4. The number of fused-ring (bicyclic) bond motifs is 1. The van der Waals surface area contributed by atoms with Gasteiger partial charge in [0.15, 0.2) is 0 Å². The Morgan fingerprint density at radius 2 is 1.79 bits per heavy atom. The number of amides is 3. The molecule has 13 heteroatoms. The first kappa shape index (κ1) is 32.3. The largest absolute Gasteiger partial charge is 0.433 e. The fourth-order valence-electron chi connectivity index (χ4n) is 6.38. The van der Waals surface area contributed by atoms with Crippen LogP contribution < -0.4 is 10.6 Å². The number of piperidine rings is 2. The number of nitrogens with zero attached hydrogens (tertiary/aromatic N) is 4. The van der Waals surface area contributed by atoms with Crippen LogP contribution in [0.15, 0.2) is 60.8 Å². The van der Waals surface area contributed by atoms with E-state index >= 15 is 0 Å². The maximum atomic E-state index is 13.2. The van der Waals surface area contributed by atoms with E-state index in [0.29, 0.717) is 35.9 Å². The van der Waals surface area contributed by atoms with E-state index in [1.54, 1.807) is 26.0 Å². The fraction of sp³-hybridized carbons (Fsp3) is 0.382. The van der Waals surface area contributed by atoms with Gasteiger partial charge in [0.05, 0.1) is 23.1 Å². The lowest BCUT2D eigenvalue weighted by Gasteiger charge is -2.33. The van der Waals surface area contributed by atoms with Crippen molar-refractivity contribution in [1.82, 2.24) is 25.0 Å². The summed E-state index contributed by atoms with van der Waals surface area (Å²) in [5.41, 5.74) is 0.276. The van der Waals surface area contributed by atoms with Crippen LogP contribution in [-0.4, -0.2) is 55.6 Å². The summed E-state index contributed by atoms with van der Waals surface area (Å²) in [4.78, 5) is 43.0. The number of rotatable bonds is 7. The van der Waals surface area contributed by atoms with Crippen molar-refractivity contribution in [2.45, 2.75) is 69.8 Å². The van der Waals surface area contributed by atoms with Gasteiger partial charge in [0.25, 0.3) is 5.91 Å². The predicted octanol–water partition coefficient (Wildman–Crippen LogP) is 5.29. The van der Waals surface area contributed by atoms with Gasteiger partial charge in [-0.05, 0) is 68.5 Å². The van der Waals surface area contributed by atoms with Crippen LogP contribution in [-0.2, 0) is 27.9 Å². The summed E-state index contributed by atoms with van der Waals surface area (Å²) in [6, 6.07) is 14.4. The second kappa shape index (κ2) is 12.5. The standard InChI is InChI=1S/C34H35F3N6O4/c1-33(2,47)25-17-27-21(16-28(25)39-32(46)26-8-5-9-29(38-26)34(35,36)37)19-43(41-27)22-12-14-42(15-13-22)18-20-6-3-4-7-23(20)24-10-11-30(44)40-31(24)45/h3-9,16-17,19,22,24,47H,10-15,18H2,1-2H3,(H,39,46)(H,40,44,45). The van der Waals surface area contributed by atoms with Gasteiger partial charge in [0.2, 0.25) is 11.8 Å². The summed E-state index contributed by atoms with van der Waals surface area (Å²) in [6.45, 7) is 5.38. The number of aromatic nitrogens is 3. The summed E-state index contributed by atoms with van der Waals surface area (Å²) in [5.74, 6) is -1.66.